The van der Waals surface area contributed by atoms with Gasteiger partial charge in [0.2, 0.25) is 4.77 Å². The topological polar surface area (TPSA) is 58.9 Å². The molecule has 0 spiro atoms. The minimum absolute atomic E-state index is 0.438. The number of nitrogens with one attached hydrogen (secondary N) is 1. The second-order valence-electron chi connectivity index (χ2n) is 4.95. The number of aromatic amines is 1. The van der Waals surface area contributed by atoms with E-state index < -0.39 is 0 Å². The molecule has 1 aromatic carbocycles. The largest absolute Gasteiger partial charge is 0.264 e. The molecule has 3 aromatic rings. The molecular formula is C17H15N5S. The fraction of sp³-hybridized carbons (Fsp3) is 0.0588. The molecule has 0 saturated heterocycles. The monoisotopic (exact) mass is 321 g/mol. The van der Waals surface area contributed by atoms with Gasteiger partial charge in [0.25, 0.3) is 0 Å². The Morgan fingerprint density at radius 3 is 2.78 bits per heavy atom. The molecule has 5 nitrogen and oxygen atoms in total. The van der Waals surface area contributed by atoms with Crippen molar-refractivity contribution in [2.75, 3.05) is 0 Å². The lowest BCUT2D eigenvalue weighted by Gasteiger charge is -2.00. The molecule has 0 bridgehead atoms. The van der Waals surface area contributed by atoms with Crippen LogP contribution in [0.2, 0.25) is 0 Å². The molecule has 0 saturated carbocycles. The van der Waals surface area contributed by atoms with Gasteiger partial charge in [-0.1, -0.05) is 36.4 Å². The van der Waals surface area contributed by atoms with Crippen molar-refractivity contribution in [2.45, 2.75) is 6.92 Å². The molecule has 0 fully saturated rings. The van der Waals surface area contributed by atoms with E-state index >= 15 is 0 Å². The summed E-state index contributed by atoms with van der Waals surface area (Å²) in [6.45, 7) is 1.99. The van der Waals surface area contributed by atoms with Gasteiger partial charge >= 0.3 is 0 Å². The number of pyridine rings is 1. The van der Waals surface area contributed by atoms with E-state index in [1.807, 2.05) is 49.4 Å². The molecule has 0 aliphatic carbocycles. The van der Waals surface area contributed by atoms with E-state index in [9.17, 15) is 0 Å². The van der Waals surface area contributed by atoms with Crippen molar-refractivity contribution in [2.24, 2.45) is 5.10 Å². The molecule has 23 heavy (non-hydrogen) atoms. The van der Waals surface area contributed by atoms with Crippen LogP contribution in [0.4, 0.5) is 0 Å². The number of aromatic nitrogens is 4. The summed E-state index contributed by atoms with van der Waals surface area (Å²) in [5.74, 6) is 0.631. The van der Waals surface area contributed by atoms with Gasteiger partial charge in [0, 0.05) is 18.0 Å². The molecule has 2 heterocycles. The van der Waals surface area contributed by atoms with Crippen LogP contribution in [-0.4, -0.2) is 26.1 Å². The SMILES string of the molecule is CC(=Cc1ccccc1)/C=N\n1c(-c2cccnc2)n[nH]c1=S. The van der Waals surface area contributed by atoms with Crippen molar-refractivity contribution in [1.29, 1.82) is 0 Å². The molecule has 0 aliphatic heterocycles. The highest BCUT2D eigenvalue weighted by Crippen LogP contribution is 2.15. The Morgan fingerprint density at radius 2 is 2.04 bits per heavy atom. The molecule has 0 atom stereocenters. The van der Waals surface area contributed by atoms with Gasteiger partial charge in [-0.15, -0.1) is 0 Å². The molecule has 0 amide bonds. The summed E-state index contributed by atoms with van der Waals surface area (Å²) in [4.78, 5) is 4.10. The molecule has 3 rings (SSSR count). The van der Waals surface area contributed by atoms with Crippen LogP contribution in [0.15, 0.2) is 65.5 Å². The first-order valence-electron chi connectivity index (χ1n) is 7.09. The van der Waals surface area contributed by atoms with Crippen LogP contribution in [0.25, 0.3) is 17.5 Å². The van der Waals surface area contributed by atoms with Crippen molar-refractivity contribution < 1.29 is 0 Å². The number of hydrogen-bond acceptors (Lipinski definition) is 4. The molecule has 114 valence electrons. The van der Waals surface area contributed by atoms with E-state index in [4.69, 9.17) is 12.2 Å². The molecule has 6 heteroatoms. The Labute approximate surface area is 139 Å². The van der Waals surface area contributed by atoms with E-state index in [2.05, 4.69) is 26.4 Å². The van der Waals surface area contributed by atoms with Gasteiger partial charge in [-0.05, 0) is 42.4 Å². The van der Waals surface area contributed by atoms with Gasteiger partial charge in [0.15, 0.2) is 5.82 Å². The van der Waals surface area contributed by atoms with Gasteiger partial charge in [-0.3, -0.25) is 4.98 Å². The van der Waals surface area contributed by atoms with Crippen LogP contribution >= 0.6 is 12.2 Å². The molecular weight excluding hydrogens is 306 g/mol. The Kier molecular flexibility index (Phi) is 4.54. The lowest BCUT2D eigenvalue weighted by molar-refractivity contribution is 0.870. The molecule has 0 radical (unpaired) electrons. The maximum Gasteiger partial charge on any atom is 0.216 e. The van der Waals surface area contributed by atoms with Crippen LogP contribution in [0.3, 0.4) is 0 Å². The Bertz CT molecular complexity index is 891. The zero-order chi connectivity index (χ0) is 16.1. The summed E-state index contributed by atoms with van der Waals surface area (Å²) in [6.07, 6.45) is 7.25. The van der Waals surface area contributed by atoms with E-state index in [-0.39, 0.29) is 0 Å². The van der Waals surface area contributed by atoms with Crippen LogP contribution < -0.4 is 0 Å². The van der Waals surface area contributed by atoms with Crippen molar-refractivity contribution in [3.05, 3.63) is 70.8 Å². The number of rotatable bonds is 4. The van der Waals surface area contributed by atoms with Gasteiger partial charge in [0.1, 0.15) is 0 Å². The third kappa shape index (κ3) is 3.67. The van der Waals surface area contributed by atoms with E-state index in [0.29, 0.717) is 10.6 Å². The first kappa shape index (κ1) is 15.1. The Morgan fingerprint density at radius 1 is 1.22 bits per heavy atom. The highest BCUT2D eigenvalue weighted by atomic mass is 32.1. The first-order valence-corrected chi connectivity index (χ1v) is 7.50. The predicted molar refractivity (Wildman–Crippen MR) is 94.6 cm³/mol. The van der Waals surface area contributed by atoms with Crippen LogP contribution in [0.1, 0.15) is 12.5 Å². The fourth-order valence-corrected chi connectivity index (χ4v) is 2.26. The summed E-state index contributed by atoms with van der Waals surface area (Å²) in [5, 5.41) is 11.4. The highest BCUT2D eigenvalue weighted by Gasteiger charge is 2.07. The number of hydrogen-bond donors (Lipinski definition) is 1. The molecule has 1 N–H and O–H groups in total. The number of H-pyrrole nitrogens is 1. The predicted octanol–water partition coefficient (Wildman–Crippen LogP) is 3.94. The summed E-state index contributed by atoms with van der Waals surface area (Å²) in [7, 11) is 0. The highest BCUT2D eigenvalue weighted by molar-refractivity contribution is 7.71. The normalized spacial score (nSPS) is 12.0. The zero-order valence-corrected chi connectivity index (χ0v) is 13.4. The van der Waals surface area contributed by atoms with Gasteiger partial charge in [-0.25, -0.2) is 5.10 Å². The van der Waals surface area contributed by atoms with Crippen molar-refractivity contribution in [1.82, 2.24) is 19.9 Å². The maximum atomic E-state index is 5.25. The van der Waals surface area contributed by atoms with Crippen molar-refractivity contribution in [3.63, 3.8) is 0 Å². The average Bonchev–Trinajstić information content (AvgIpc) is 2.95. The lowest BCUT2D eigenvalue weighted by atomic mass is 10.1. The standard InChI is InChI=1S/C17H15N5S/c1-13(10-14-6-3-2-4-7-14)11-19-22-16(20-21-17(22)23)15-8-5-9-18-12-15/h2-12H,1H3,(H,21,23)/b13-10?,19-11-. The second-order valence-corrected chi connectivity index (χ2v) is 5.34. The van der Waals surface area contributed by atoms with E-state index in [0.717, 1.165) is 16.7 Å². The summed E-state index contributed by atoms with van der Waals surface area (Å²) in [6, 6.07) is 13.8. The minimum atomic E-state index is 0.438. The van der Waals surface area contributed by atoms with Crippen LogP contribution in [0, 0.1) is 4.77 Å². The Hall–Kier alpha value is -2.86. The lowest BCUT2D eigenvalue weighted by Crippen LogP contribution is -1.95. The van der Waals surface area contributed by atoms with E-state index in [1.165, 1.54) is 0 Å². The number of benzene rings is 1. The third-order valence-electron chi connectivity index (χ3n) is 3.14. The van der Waals surface area contributed by atoms with Gasteiger partial charge in [-0.2, -0.15) is 14.9 Å². The quantitative estimate of drug-likeness (QED) is 0.585. The summed E-state index contributed by atoms with van der Waals surface area (Å²) in [5.41, 5.74) is 2.98. The minimum Gasteiger partial charge on any atom is -0.264 e. The summed E-state index contributed by atoms with van der Waals surface area (Å²) < 4.78 is 2.03. The second kappa shape index (κ2) is 6.93. The number of nitrogens with zero attached hydrogens (tertiary/aromatic N) is 4. The third-order valence-corrected chi connectivity index (χ3v) is 3.41. The Balaban J connectivity index is 1.90. The number of allylic oxidation sites excluding steroid dienone is 1. The fourth-order valence-electron chi connectivity index (χ4n) is 2.08. The van der Waals surface area contributed by atoms with Gasteiger partial charge in [0.05, 0.1) is 6.21 Å². The maximum absolute atomic E-state index is 5.25. The molecule has 0 aliphatic rings. The van der Waals surface area contributed by atoms with Crippen LogP contribution in [0.5, 0.6) is 0 Å². The van der Waals surface area contributed by atoms with Crippen molar-refractivity contribution >= 4 is 24.5 Å². The zero-order valence-electron chi connectivity index (χ0n) is 12.5. The average molecular weight is 321 g/mol. The summed E-state index contributed by atoms with van der Waals surface area (Å²) >= 11 is 5.25. The van der Waals surface area contributed by atoms with Gasteiger partial charge < -0.3 is 0 Å². The van der Waals surface area contributed by atoms with Crippen LogP contribution in [-0.2, 0) is 0 Å². The van der Waals surface area contributed by atoms with Crippen molar-refractivity contribution in [3.8, 4) is 11.4 Å². The van der Waals surface area contributed by atoms with E-state index in [1.54, 1.807) is 23.3 Å². The smallest absolute Gasteiger partial charge is 0.216 e. The molecule has 0 unspecified atom stereocenters. The first-order chi connectivity index (χ1) is 11.2. The molecule has 2 aromatic heterocycles.